The first-order chi connectivity index (χ1) is 6.11. The van der Waals surface area contributed by atoms with E-state index in [-0.39, 0.29) is 12.5 Å². The van der Waals surface area contributed by atoms with Crippen LogP contribution in [0.1, 0.15) is 12.8 Å². The summed E-state index contributed by atoms with van der Waals surface area (Å²) in [5.41, 5.74) is 0. The van der Waals surface area contributed by atoms with Crippen molar-refractivity contribution < 1.29 is 23.4 Å². The van der Waals surface area contributed by atoms with E-state index in [2.05, 4.69) is 0 Å². The molecule has 1 saturated heterocycles. The van der Waals surface area contributed by atoms with Gasteiger partial charge in [-0.05, 0) is 12.3 Å². The molecule has 0 radical (unpaired) electrons. The minimum Gasteiger partial charge on any atom is -0.481 e. The highest BCUT2D eigenvalue weighted by Gasteiger charge is 2.34. The van der Waals surface area contributed by atoms with Gasteiger partial charge in [-0.25, -0.2) is 8.78 Å². The van der Waals surface area contributed by atoms with E-state index in [9.17, 15) is 13.6 Å². The van der Waals surface area contributed by atoms with E-state index in [1.165, 1.54) is 0 Å². The van der Waals surface area contributed by atoms with Crippen LogP contribution in [0.3, 0.4) is 0 Å². The Morgan fingerprint density at radius 3 is 2.69 bits per heavy atom. The van der Waals surface area contributed by atoms with E-state index < -0.39 is 24.7 Å². The number of hydrogen-bond acceptors (Lipinski definition) is 2. The molecule has 5 heteroatoms. The van der Waals surface area contributed by atoms with Gasteiger partial charge in [-0.1, -0.05) is 0 Å². The Hall–Kier alpha value is -0.710. The molecule has 76 valence electrons. The fraction of sp³-hybridized carbons (Fsp3) is 0.875. The molecule has 0 aromatic carbocycles. The molecule has 0 aliphatic carbocycles. The lowest BCUT2D eigenvalue weighted by Gasteiger charge is -2.19. The van der Waals surface area contributed by atoms with Crippen LogP contribution in [0.4, 0.5) is 8.78 Å². The molecule has 13 heavy (non-hydrogen) atoms. The van der Waals surface area contributed by atoms with Gasteiger partial charge in [0.2, 0.25) is 6.43 Å². The van der Waals surface area contributed by atoms with Crippen molar-refractivity contribution in [2.24, 2.45) is 11.8 Å². The fourth-order valence-corrected chi connectivity index (χ4v) is 1.55. The third-order valence-corrected chi connectivity index (χ3v) is 2.30. The lowest BCUT2D eigenvalue weighted by atomic mass is 9.89. The molecule has 3 nitrogen and oxygen atoms in total. The quantitative estimate of drug-likeness (QED) is 0.735. The standard InChI is InChI=1S/C8H12F2O3/c9-8(10)6(3-7(11)12)5-1-2-13-4-5/h5-6,8H,1-4H2,(H,11,12). The number of carboxylic acids is 1. The minimum absolute atomic E-state index is 0.266. The van der Waals surface area contributed by atoms with Gasteiger partial charge in [-0.15, -0.1) is 0 Å². The number of carboxylic acid groups (broad SMARTS) is 1. The first-order valence-electron chi connectivity index (χ1n) is 4.19. The average Bonchev–Trinajstić information content (AvgIpc) is 2.50. The summed E-state index contributed by atoms with van der Waals surface area (Å²) in [7, 11) is 0. The predicted octanol–water partition coefficient (Wildman–Crippen LogP) is 1.38. The Balaban J connectivity index is 2.50. The number of halogens is 2. The Morgan fingerprint density at radius 2 is 2.31 bits per heavy atom. The molecule has 2 unspecified atom stereocenters. The summed E-state index contributed by atoms with van der Waals surface area (Å²) in [5, 5.41) is 8.42. The molecule has 1 rings (SSSR count). The van der Waals surface area contributed by atoms with Crippen LogP contribution in [0.5, 0.6) is 0 Å². The van der Waals surface area contributed by atoms with Crippen LogP contribution in [0.2, 0.25) is 0 Å². The number of ether oxygens (including phenoxy) is 1. The number of aliphatic carboxylic acids is 1. The monoisotopic (exact) mass is 194 g/mol. The van der Waals surface area contributed by atoms with Gasteiger partial charge in [0.05, 0.1) is 6.42 Å². The SMILES string of the molecule is O=C(O)CC(C(F)F)C1CCOC1. The van der Waals surface area contributed by atoms with Crippen molar-refractivity contribution in [2.45, 2.75) is 19.3 Å². The molecule has 0 spiro atoms. The second-order valence-corrected chi connectivity index (χ2v) is 3.22. The molecule has 0 saturated carbocycles. The Bertz CT molecular complexity index is 178. The topological polar surface area (TPSA) is 46.5 Å². The molecule has 0 aromatic heterocycles. The van der Waals surface area contributed by atoms with Crippen molar-refractivity contribution in [1.29, 1.82) is 0 Å². The van der Waals surface area contributed by atoms with Gasteiger partial charge >= 0.3 is 5.97 Å². The van der Waals surface area contributed by atoms with Crippen LogP contribution in [-0.4, -0.2) is 30.7 Å². The lowest BCUT2D eigenvalue weighted by molar-refractivity contribution is -0.140. The molecule has 2 atom stereocenters. The highest BCUT2D eigenvalue weighted by atomic mass is 19.3. The van der Waals surface area contributed by atoms with Gasteiger partial charge in [-0.2, -0.15) is 0 Å². The van der Waals surface area contributed by atoms with Gasteiger partial charge in [0, 0.05) is 19.1 Å². The van der Waals surface area contributed by atoms with Crippen molar-refractivity contribution in [3.05, 3.63) is 0 Å². The Morgan fingerprint density at radius 1 is 1.62 bits per heavy atom. The van der Waals surface area contributed by atoms with Crippen molar-refractivity contribution in [3.8, 4) is 0 Å². The highest BCUT2D eigenvalue weighted by Crippen LogP contribution is 2.29. The van der Waals surface area contributed by atoms with Crippen molar-refractivity contribution in [2.75, 3.05) is 13.2 Å². The number of hydrogen-bond donors (Lipinski definition) is 1. The van der Waals surface area contributed by atoms with Crippen LogP contribution < -0.4 is 0 Å². The Labute approximate surface area is 74.7 Å². The number of rotatable bonds is 4. The maximum absolute atomic E-state index is 12.4. The lowest BCUT2D eigenvalue weighted by Crippen LogP contribution is -2.25. The molecule has 0 aromatic rings. The molecular weight excluding hydrogens is 182 g/mol. The molecule has 0 amide bonds. The summed E-state index contributed by atoms with van der Waals surface area (Å²) >= 11 is 0. The second-order valence-electron chi connectivity index (χ2n) is 3.22. The normalized spacial score (nSPS) is 25.0. The zero-order valence-electron chi connectivity index (χ0n) is 7.08. The molecule has 1 heterocycles. The van der Waals surface area contributed by atoms with Gasteiger partial charge in [-0.3, -0.25) is 4.79 Å². The molecule has 1 aliphatic heterocycles. The van der Waals surface area contributed by atoms with E-state index in [4.69, 9.17) is 9.84 Å². The molecule has 1 aliphatic rings. The number of alkyl halides is 2. The summed E-state index contributed by atoms with van der Waals surface area (Å²) in [4.78, 5) is 10.3. The third-order valence-electron chi connectivity index (χ3n) is 2.30. The van der Waals surface area contributed by atoms with Crippen molar-refractivity contribution in [3.63, 3.8) is 0 Å². The smallest absolute Gasteiger partial charge is 0.303 e. The van der Waals surface area contributed by atoms with Gasteiger partial charge in [0.15, 0.2) is 0 Å². The second kappa shape index (κ2) is 4.50. The molecule has 1 fully saturated rings. The summed E-state index contributed by atoms with van der Waals surface area (Å²) in [6.45, 7) is 0.732. The zero-order chi connectivity index (χ0) is 9.84. The molecule has 1 N–H and O–H groups in total. The zero-order valence-corrected chi connectivity index (χ0v) is 7.08. The largest absolute Gasteiger partial charge is 0.481 e. The van der Waals surface area contributed by atoms with Crippen LogP contribution in [-0.2, 0) is 9.53 Å². The molecule has 0 bridgehead atoms. The van der Waals surface area contributed by atoms with E-state index in [0.717, 1.165) is 0 Å². The summed E-state index contributed by atoms with van der Waals surface area (Å²) in [6.07, 6.45) is -2.49. The van der Waals surface area contributed by atoms with E-state index >= 15 is 0 Å². The van der Waals surface area contributed by atoms with Crippen molar-refractivity contribution in [1.82, 2.24) is 0 Å². The van der Waals surface area contributed by atoms with Gasteiger partial charge < -0.3 is 9.84 Å². The van der Waals surface area contributed by atoms with Gasteiger partial charge in [0.1, 0.15) is 0 Å². The van der Waals surface area contributed by atoms with E-state index in [1.54, 1.807) is 0 Å². The van der Waals surface area contributed by atoms with Crippen LogP contribution in [0.15, 0.2) is 0 Å². The number of carbonyl (C=O) groups is 1. The van der Waals surface area contributed by atoms with Gasteiger partial charge in [0.25, 0.3) is 0 Å². The van der Waals surface area contributed by atoms with E-state index in [0.29, 0.717) is 13.0 Å². The summed E-state index contributed by atoms with van der Waals surface area (Å²) in [5.74, 6) is -2.52. The summed E-state index contributed by atoms with van der Waals surface area (Å²) < 4.78 is 29.7. The van der Waals surface area contributed by atoms with Crippen LogP contribution in [0, 0.1) is 11.8 Å². The average molecular weight is 194 g/mol. The highest BCUT2D eigenvalue weighted by molar-refractivity contribution is 5.67. The third kappa shape index (κ3) is 2.91. The van der Waals surface area contributed by atoms with Crippen LogP contribution in [0.25, 0.3) is 0 Å². The predicted molar refractivity (Wildman–Crippen MR) is 40.7 cm³/mol. The first kappa shape index (κ1) is 10.4. The van der Waals surface area contributed by atoms with Crippen LogP contribution >= 0.6 is 0 Å². The van der Waals surface area contributed by atoms with Crippen molar-refractivity contribution >= 4 is 5.97 Å². The summed E-state index contributed by atoms with van der Waals surface area (Å²) in [6, 6.07) is 0. The Kier molecular flexibility index (Phi) is 3.59. The molecular formula is C8H12F2O3. The fourth-order valence-electron chi connectivity index (χ4n) is 1.55. The maximum atomic E-state index is 12.4. The minimum atomic E-state index is -2.57. The maximum Gasteiger partial charge on any atom is 0.303 e. The van der Waals surface area contributed by atoms with E-state index in [1.807, 2.05) is 0 Å². The first-order valence-corrected chi connectivity index (χ1v) is 4.19.